The van der Waals surface area contributed by atoms with Crippen molar-refractivity contribution < 1.29 is 8.42 Å². The highest BCUT2D eigenvalue weighted by molar-refractivity contribution is 7.89. The Morgan fingerprint density at radius 3 is 2.45 bits per heavy atom. The predicted octanol–water partition coefficient (Wildman–Crippen LogP) is 2.04. The van der Waals surface area contributed by atoms with Gasteiger partial charge in [-0.3, -0.25) is 4.98 Å². The lowest BCUT2D eigenvalue weighted by atomic mass is 10.2. The SMILES string of the molecule is Cc1ccc(S(=O)(=O)N(C)N=Cc2ccccn2)cc1. The van der Waals surface area contributed by atoms with Gasteiger partial charge in [-0.1, -0.05) is 23.8 Å². The van der Waals surface area contributed by atoms with E-state index in [1.807, 2.05) is 13.0 Å². The first-order valence-corrected chi connectivity index (χ1v) is 7.45. The van der Waals surface area contributed by atoms with Crippen molar-refractivity contribution in [3.63, 3.8) is 0 Å². The highest BCUT2D eigenvalue weighted by Gasteiger charge is 2.18. The number of hydrazone groups is 1. The van der Waals surface area contributed by atoms with Gasteiger partial charge in [0.2, 0.25) is 0 Å². The zero-order valence-electron chi connectivity index (χ0n) is 11.3. The standard InChI is InChI=1S/C14H15N3O2S/c1-12-6-8-14(9-7-12)20(18,19)17(2)16-11-13-5-3-4-10-15-13/h3-11H,1-2H3. The van der Waals surface area contributed by atoms with Gasteiger partial charge >= 0.3 is 0 Å². The van der Waals surface area contributed by atoms with Crippen molar-refractivity contribution in [2.75, 3.05) is 7.05 Å². The highest BCUT2D eigenvalue weighted by Crippen LogP contribution is 2.15. The van der Waals surface area contributed by atoms with E-state index in [1.54, 1.807) is 42.6 Å². The van der Waals surface area contributed by atoms with Crippen LogP contribution in [0.15, 0.2) is 58.7 Å². The van der Waals surface area contributed by atoms with E-state index in [2.05, 4.69) is 10.1 Å². The molecule has 0 unspecified atom stereocenters. The summed E-state index contributed by atoms with van der Waals surface area (Å²) in [5.41, 5.74) is 1.60. The van der Waals surface area contributed by atoms with E-state index < -0.39 is 10.0 Å². The molecule has 2 rings (SSSR count). The second-order valence-corrected chi connectivity index (χ2v) is 6.20. The van der Waals surface area contributed by atoms with E-state index in [-0.39, 0.29) is 4.90 Å². The van der Waals surface area contributed by atoms with E-state index in [0.717, 1.165) is 9.98 Å². The lowest BCUT2D eigenvalue weighted by molar-refractivity contribution is 0.491. The van der Waals surface area contributed by atoms with Crippen molar-refractivity contribution in [2.24, 2.45) is 5.10 Å². The van der Waals surface area contributed by atoms with Gasteiger partial charge in [0.15, 0.2) is 0 Å². The Kier molecular flexibility index (Phi) is 4.14. The van der Waals surface area contributed by atoms with E-state index in [0.29, 0.717) is 5.69 Å². The van der Waals surface area contributed by atoms with Crippen LogP contribution in [0.3, 0.4) is 0 Å². The first-order valence-electron chi connectivity index (χ1n) is 6.01. The number of nitrogens with zero attached hydrogens (tertiary/aromatic N) is 3. The third-order valence-corrected chi connectivity index (χ3v) is 4.36. The van der Waals surface area contributed by atoms with Crippen LogP contribution in [0.5, 0.6) is 0 Å². The largest absolute Gasteiger partial charge is 0.278 e. The number of aryl methyl sites for hydroxylation is 1. The number of rotatable bonds is 4. The molecule has 0 atom stereocenters. The minimum atomic E-state index is -3.62. The molecule has 6 heteroatoms. The van der Waals surface area contributed by atoms with Gasteiger partial charge in [0.1, 0.15) is 0 Å². The summed E-state index contributed by atoms with van der Waals surface area (Å²) < 4.78 is 25.4. The minimum Gasteiger partial charge on any atom is -0.255 e. The van der Waals surface area contributed by atoms with Crippen molar-refractivity contribution in [3.8, 4) is 0 Å². The molecule has 0 saturated heterocycles. The molecule has 20 heavy (non-hydrogen) atoms. The molecule has 0 saturated carbocycles. The molecule has 0 bridgehead atoms. The molecular formula is C14H15N3O2S. The molecule has 0 radical (unpaired) electrons. The molecule has 1 heterocycles. The fourth-order valence-electron chi connectivity index (χ4n) is 1.52. The van der Waals surface area contributed by atoms with Gasteiger partial charge in [-0.05, 0) is 31.2 Å². The molecule has 1 aromatic carbocycles. The van der Waals surface area contributed by atoms with Crippen LogP contribution in [0.1, 0.15) is 11.3 Å². The first kappa shape index (κ1) is 14.2. The summed E-state index contributed by atoms with van der Waals surface area (Å²) >= 11 is 0. The summed E-state index contributed by atoms with van der Waals surface area (Å²) in [5, 5.41) is 3.92. The summed E-state index contributed by atoms with van der Waals surface area (Å²) in [4.78, 5) is 4.26. The topological polar surface area (TPSA) is 62.6 Å². The number of hydrogen-bond acceptors (Lipinski definition) is 4. The van der Waals surface area contributed by atoms with Crippen LogP contribution in [-0.2, 0) is 10.0 Å². The number of aromatic nitrogens is 1. The third kappa shape index (κ3) is 3.21. The quantitative estimate of drug-likeness (QED) is 0.639. The molecule has 0 fully saturated rings. The van der Waals surface area contributed by atoms with Crippen LogP contribution < -0.4 is 0 Å². The Labute approximate surface area is 118 Å². The van der Waals surface area contributed by atoms with Crippen LogP contribution >= 0.6 is 0 Å². The average molecular weight is 289 g/mol. The fraction of sp³-hybridized carbons (Fsp3) is 0.143. The smallest absolute Gasteiger partial charge is 0.255 e. The summed E-state index contributed by atoms with van der Waals surface area (Å²) in [6.07, 6.45) is 3.03. The Morgan fingerprint density at radius 1 is 1.15 bits per heavy atom. The van der Waals surface area contributed by atoms with E-state index >= 15 is 0 Å². The Morgan fingerprint density at radius 2 is 1.85 bits per heavy atom. The molecule has 0 aliphatic carbocycles. The summed E-state index contributed by atoms with van der Waals surface area (Å²) in [6, 6.07) is 12.0. The summed E-state index contributed by atoms with van der Waals surface area (Å²) in [5.74, 6) is 0. The van der Waals surface area contributed by atoms with Gasteiger partial charge in [0, 0.05) is 13.2 Å². The Bertz CT molecular complexity index is 695. The molecule has 5 nitrogen and oxygen atoms in total. The second kappa shape index (κ2) is 5.83. The molecule has 0 N–H and O–H groups in total. The summed E-state index contributed by atoms with van der Waals surface area (Å²) in [6.45, 7) is 1.90. The van der Waals surface area contributed by atoms with Gasteiger partial charge in [-0.15, -0.1) is 0 Å². The van der Waals surface area contributed by atoms with Crippen LogP contribution in [0, 0.1) is 6.92 Å². The second-order valence-electron chi connectivity index (χ2n) is 4.25. The van der Waals surface area contributed by atoms with Crippen LogP contribution in [-0.4, -0.2) is 31.1 Å². The predicted molar refractivity (Wildman–Crippen MR) is 78.0 cm³/mol. The maximum Gasteiger partial charge on any atom is 0.278 e. The van der Waals surface area contributed by atoms with Crippen molar-refractivity contribution >= 4 is 16.2 Å². The zero-order valence-corrected chi connectivity index (χ0v) is 12.1. The molecular weight excluding hydrogens is 274 g/mol. The first-order chi connectivity index (χ1) is 9.50. The summed E-state index contributed by atoms with van der Waals surface area (Å²) in [7, 11) is -2.22. The maximum atomic E-state index is 12.3. The molecule has 1 aromatic heterocycles. The van der Waals surface area contributed by atoms with E-state index in [4.69, 9.17) is 0 Å². The highest BCUT2D eigenvalue weighted by atomic mass is 32.2. The van der Waals surface area contributed by atoms with E-state index in [1.165, 1.54) is 13.3 Å². The van der Waals surface area contributed by atoms with Gasteiger partial charge in [-0.25, -0.2) is 0 Å². The average Bonchev–Trinajstić information content (AvgIpc) is 2.46. The Balaban J connectivity index is 2.21. The fourth-order valence-corrected chi connectivity index (χ4v) is 2.47. The maximum absolute atomic E-state index is 12.3. The van der Waals surface area contributed by atoms with Crippen LogP contribution in [0.2, 0.25) is 0 Å². The molecule has 0 amide bonds. The number of sulfonamides is 1. The van der Waals surface area contributed by atoms with Crippen LogP contribution in [0.4, 0.5) is 0 Å². The molecule has 2 aromatic rings. The normalized spacial score (nSPS) is 11.7. The number of pyridine rings is 1. The monoisotopic (exact) mass is 289 g/mol. The molecule has 104 valence electrons. The van der Waals surface area contributed by atoms with Gasteiger partial charge in [0.25, 0.3) is 10.0 Å². The molecule has 0 aliphatic heterocycles. The third-order valence-electron chi connectivity index (χ3n) is 2.71. The lowest BCUT2D eigenvalue weighted by Crippen LogP contribution is -2.21. The van der Waals surface area contributed by atoms with Crippen molar-refractivity contribution in [3.05, 3.63) is 59.9 Å². The van der Waals surface area contributed by atoms with Gasteiger partial charge < -0.3 is 0 Å². The van der Waals surface area contributed by atoms with Gasteiger partial charge in [-0.2, -0.15) is 17.9 Å². The minimum absolute atomic E-state index is 0.212. The van der Waals surface area contributed by atoms with E-state index in [9.17, 15) is 8.42 Å². The molecule has 0 aliphatic rings. The Hall–Kier alpha value is -2.21. The van der Waals surface area contributed by atoms with Crippen LogP contribution in [0.25, 0.3) is 0 Å². The van der Waals surface area contributed by atoms with Gasteiger partial charge in [0.05, 0.1) is 16.8 Å². The number of benzene rings is 1. The van der Waals surface area contributed by atoms with Crippen molar-refractivity contribution in [1.29, 1.82) is 0 Å². The van der Waals surface area contributed by atoms with Crippen molar-refractivity contribution in [1.82, 2.24) is 9.40 Å². The molecule has 0 spiro atoms. The van der Waals surface area contributed by atoms with Crippen molar-refractivity contribution in [2.45, 2.75) is 11.8 Å². The number of hydrogen-bond donors (Lipinski definition) is 0. The zero-order chi connectivity index (χ0) is 14.6. The lowest BCUT2D eigenvalue weighted by Gasteiger charge is -2.13.